The molecule has 25 heavy (non-hydrogen) atoms. The van der Waals surface area contributed by atoms with Gasteiger partial charge in [-0.1, -0.05) is 23.7 Å². The Morgan fingerprint density at radius 3 is 2.44 bits per heavy atom. The summed E-state index contributed by atoms with van der Waals surface area (Å²) < 4.78 is 0. The minimum atomic E-state index is -0.698. The lowest BCUT2D eigenvalue weighted by atomic mass is 10.1. The molecule has 0 saturated heterocycles. The van der Waals surface area contributed by atoms with Crippen LogP contribution in [0.5, 0.6) is 0 Å². The number of carbonyl (C=O) groups excluding carboxylic acids is 1. The van der Waals surface area contributed by atoms with Gasteiger partial charge in [-0.25, -0.2) is 5.43 Å². The first-order chi connectivity index (χ1) is 11.8. The Labute approximate surface area is 146 Å². The van der Waals surface area contributed by atoms with Crippen LogP contribution in [0.2, 0.25) is 5.02 Å². The zero-order valence-electron chi connectivity index (χ0n) is 12.8. The molecule has 0 saturated carbocycles. The molecule has 0 aliphatic heterocycles. The van der Waals surface area contributed by atoms with Crippen LogP contribution in [-0.2, 0) is 0 Å². The lowest BCUT2D eigenvalue weighted by Gasteiger charge is -2.04. The van der Waals surface area contributed by atoms with E-state index < -0.39 is 21.4 Å². The number of amides is 1. The summed E-state index contributed by atoms with van der Waals surface area (Å²) >= 11 is 5.69. The van der Waals surface area contributed by atoms with Crippen molar-refractivity contribution in [1.29, 1.82) is 0 Å². The van der Waals surface area contributed by atoms with Gasteiger partial charge >= 0.3 is 0 Å². The number of non-ortho nitro benzene ring substituents is 1. The van der Waals surface area contributed by atoms with Gasteiger partial charge in [0.15, 0.2) is 0 Å². The van der Waals surface area contributed by atoms with Gasteiger partial charge in [0.25, 0.3) is 17.3 Å². The van der Waals surface area contributed by atoms with Gasteiger partial charge in [0.1, 0.15) is 5.02 Å². The van der Waals surface area contributed by atoms with E-state index in [4.69, 9.17) is 11.6 Å². The minimum absolute atomic E-state index is 0.00620. The number of rotatable bonds is 5. The molecule has 0 aliphatic rings. The third-order valence-electron chi connectivity index (χ3n) is 3.20. The normalized spacial score (nSPS) is 11.0. The van der Waals surface area contributed by atoms with E-state index in [1.54, 1.807) is 13.0 Å². The highest BCUT2D eigenvalue weighted by atomic mass is 35.5. The van der Waals surface area contributed by atoms with E-state index in [1.165, 1.54) is 30.3 Å². The average Bonchev–Trinajstić information content (AvgIpc) is 2.59. The van der Waals surface area contributed by atoms with Crippen molar-refractivity contribution < 1.29 is 14.6 Å². The van der Waals surface area contributed by atoms with Crippen molar-refractivity contribution in [2.24, 2.45) is 5.10 Å². The van der Waals surface area contributed by atoms with E-state index in [-0.39, 0.29) is 16.3 Å². The fourth-order valence-electron chi connectivity index (χ4n) is 1.90. The molecule has 9 nitrogen and oxygen atoms in total. The SMILES string of the molecule is C/C(=N\NC(=O)c1ccc(Cl)c([N+](=O)[O-])c1)c1cccc([N+](=O)[O-])c1. The summed E-state index contributed by atoms with van der Waals surface area (Å²) in [6.07, 6.45) is 0. The highest BCUT2D eigenvalue weighted by Gasteiger charge is 2.16. The quantitative estimate of drug-likeness (QED) is 0.495. The van der Waals surface area contributed by atoms with Crippen LogP contribution in [0, 0.1) is 20.2 Å². The lowest BCUT2D eigenvalue weighted by Crippen LogP contribution is -2.19. The summed E-state index contributed by atoms with van der Waals surface area (Å²) in [5, 5.41) is 25.4. The topological polar surface area (TPSA) is 128 Å². The summed E-state index contributed by atoms with van der Waals surface area (Å²) in [6, 6.07) is 9.35. The van der Waals surface area contributed by atoms with Crippen molar-refractivity contribution in [2.45, 2.75) is 6.92 Å². The zero-order valence-corrected chi connectivity index (χ0v) is 13.6. The van der Waals surface area contributed by atoms with Gasteiger partial charge in [-0.15, -0.1) is 0 Å². The second kappa shape index (κ2) is 7.49. The van der Waals surface area contributed by atoms with Crippen molar-refractivity contribution in [3.8, 4) is 0 Å². The summed E-state index contributed by atoms with van der Waals surface area (Å²) in [5.41, 5.74) is 2.54. The molecule has 2 rings (SSSR count). The van der Waals surface area contributed by atoms with Gasteiger partial charge in [0, 0.05) is 29.3 Å². The summed E-state index contributed by atoms with van der Waals surface area (Å²) in [4.78, 5) is 32.4. The van der Waals surface area contributed by atoms with E-state index in [0.29, 0.717) is 11.3 Å². The molecule has 1 amide bonds. The average molecular weight is 363 g/mol. The maximum absolute atomic E-state index is 12.0. The standard InChI is InChI=1S/C15H11ClN4O5/c1-9(10-3-2-4-12(7-10)19(22)23)17-18-15(21)11-5-6-13(16)14(8-11)20(24)25/h2-8H,1H3,(H,18,21)/b17-9+. The van der Waals surface area contributed by atoms with Crippen LogP contribution in [-0.4, -0.2) is 21.5 Å². The molecule has 0 aliphatic carbocycles. The first-order valence-corrected chi connectivity index (χ1v) is 7.21. The van der Waals surface area contributed by atoms with Crippen molar-refractivity contribution in [1.82, 2.24) is 5.43 Å². The predicted octanol–water partition coefficient (Wildman–Crippen LogP) is 3.31. The Morgan fingerprint density at radius 2 is 1.80 bits per heavy atom. The largest absolute Gasteiger partial charge is 0.288 e. The number of hydrogen-bond donors (Lipinski definition) is 1. The number of carbonyl (C=O) groups is 1. The highest BCUT2D eigenvalue weighted by molar-refractivity contribution is 6.32. The molecule has 2 aromatic rings. The number of hydrogen-bond acceptors (Lipinski definition) is 6. The first kappa shape index (κ1) is 18.0. The molecule has 0 fully saturated rings. The summed E-state index contributed by atoms with van der Waals surface area (Å²) in [7, 11) is 0. The Hall–Kier alpha value is -3.33. The van der Waals surface area contributed by atoms with Gasteiger partial charge in [-0.05, 0) is 19.1 Å². The second-order valence-electron chi connectivity index (χ2n) is 4.87. The van der Waals surface area contributed by atoms with Crippen LogP contribution in [0.15, 0.2) is 47.6 Å². The highest BCUT2D eigenvalue weighted by Crippen LogP contribution is 2.25. The van der Waals surface area contributed by atoms with E-state index >= 15 is 0 Å². The van der Waals surface area contributed by atoms with Crippen molar-refractivity contribution in [2.75, 3.05) is 0 Å². The van der Waals surface area contributed by atoms with E-state index in [2.05, 4.69) is 10.5 Å². The summed E-state index contributed by atoms with van der Waals surface area (Å²) in [5.74, 6) is -0.676. The summed E-state index contributed by atoms with van der Waals surface area (Å²) in [6.45, 7) is 1.56. The molecule has 128 valence electrons. The van der Waals surface area contributed by atoms with Gasteiger partial charge in [-0.3, -0.25) is 25.0 Å². The molecular formula is C15H11ClN4O5. The number of nitro benzene ring substituents is 2. The lowest BCUT2D eigenvalue weighted by molar-refractivity contribution is -0.385. The van der Waals surface area contributed by atoms with E-state index in [1.807, 2.05) is 0 Å². The third kappa shape index (κ3) is 4.36. The molecule has 0 radical (unpaired) electrons. The Bertz CT molecular complexity index is 897. The Morgan fingerprint density at radius 1 is 1.08 bits per heavy atom. The number of benzene rings is 2. The van der Waals surface area contributed by atoms with Gasteiger partial charge in [0.05, 0.1) is 15.6 Å². The van der Waals surface area contributed by atoms with Crippen LogP contribution >= 0.6 is 11.6 Å². The fraction of sp³-hybridized carbons (Fsp3) is 0.0667. The van der Waals surface area contributed by atoms with Crippen LogP contribution in [0.25, 0.3) is 0 Å². The van der Waals surface area contributed by atoms with Gasteiger partial charge < -0.3 is 0 Å². The number of halogens is 1. The van der Waals surface area contributed by atoms with Crippen LogP contribution in [0.3, 0.4) is 0 Å². The van der Waals surface area contributed by atoms with E-state index in [9.17, 15) is 25.0 Å². The van der Waals surface area contributed by atoms with Crippen LogP contribution < -0.4 is 5.43 Å². The maximum Gasteiger partial charge on any atom is 0.288 e. The first-order valence-electron chi connectivity index (χ1n) is 6.83. The molecular weight excluding hydrogens is 352 g/mol. The fourth-order valence-corrected chi connectivity index (χ4v) is 2.09. The third-order valence-corrected chi connectivity index (χ3v) is 3.52. The van der Waals surface area contributed by atoms with Crippen LogP contribution in [0.4, 0.5) is 11.4 Å². The number of hydrazone groups is 1. The molecule has 1 N–H and O–H groups in total. The molecule has 10 heteroatoms. The van der Waals surface area contributed by atoms with Crippen LogP contribution in [0.1, 0.15) is 22.8 Å². The van der Waals surface area contributed by atoms with E-state index in [0.717, 1.165) is 6.07 Å². The number of nitro groups is 2. The number of nitrogens with one attached hydrogen (secondary N) is 1. The molecule has 0 heterocycles. The number of nitrogens with zero attached hydrogens (tertiary/aromatic N) is 3. The van der Waals surface area contributed by atoms with Gasteiger partial charge in [0.2, 0.25) is 0 Å². The van der Waals surface area contributed by atoms with Crippen molar-refractivity contribution >= 4 is 34.6 Å². The smallest absolute Gasteiger partial charge is 0.267 e. The zero-order chi connectivity index (χ0) is 18.6. The molecule has 0 bridgehead atoms. The maximum atomic E-state index is 12.0. The molecule has 0 spiro atoms. The predicted molar refractivity (Wildman–Crippen MR) is 90.9 cm³/mol. The Kier molecular flexibility index (Phi) is 5.40. The molecule has 2 aromatic carbocycles. The molecule has 0 aromatic heterocycles. The van der Waals surface area contributed by atoms with Crippen molar-refractivity contribution in [3.63, 3.8) is 0 Å². The molecule has 0 atom stereocenters. The van der Waals surface area contributed by atoms with Crippen molar-refractivity contribution in [3.05, 3.63) is 78.8 Å². The Balaban J connectivity index is 2.19. The second-order valence-corrected chi connectivity index (χ2v) is 5.28. The molecule has 0 unspecified atom stereocenters. The monoisotopic (exact) mass is 362 g/mol. The van der Waals surface area contributed by atoms with Gasteiger partial charge in [-0.2, -0.15) is 5.10 Å². The minimum Gasteiger partial charge on any atom is -0.267 e.